The van der Waals surface area contributed by atoms with Crippen LogP contribution in [0, 0.1) is 0 Å². The Hall–Kier alpha value is -0.570. The van der Waals surface area contributed by atoms with Gasteiger partial charge in [-0.05, 0) is 11.1 Å². The molecule has 1 heterocycles. The third-order valence-electron chi connectivity index (χ3n) is 2.16. The molecule has 0 aromatic heterocycles. The predicted molar refractivity (Wildman–Crippen MR) is 52.4 cm³/mol. The normalized spacial score (nSPS) is 16.1. The molecule has 1 aliphatic rings. The highest BCUT2D eigenvalue weighted by Crippen LogP contribution is 2.21. The number of rotatable bonds is 3. The first-order chi connectivity index (χ1) is 6.40. The van der Waals surface area contributed by atoms with Crippen LogP contribution in [0.25, 0.3) is 0 Å². The van der Waals surface area contributed by atoms with Gasteiger partial charge in [0, 0.05) is 19.0 Å². The van der Waals surface area contributed by atoms with E-state index in [0.29, 0.717) is 12.5 Å². The fraction of sp³-hybridized carbons (Fsp3) is 0.400. The second-order valence-corrected chi connectivity index (χ2v) is 3.47. The van der Waals surface area contributed by atoms with Crippen molar-refractivity contribution in [2.75, 3.05) is 12.5 Å². The standard InChI is InChI=1S/C10H12ClNO/c11-5-6-13-12-7-9-3-1-2-4-10(9)8-12/h1-4H,5-8H2. The van der Waals surface area contributed by atoms with Crippen molar-refractivity contribution in [3.05, 3.63) is 35.4 Å². The Morgan fingerprint density at radius 1 is 1.23 bits per heavy atom. The molecule has 0 N–H and O–H groups in total. The molecule has 3 heteroatoms. The minimum atomic E-state index is 0.548. The van der Waals surface area contributed by atoms with Gasteiger partial charge in [0.1, 0.15) is 0 Å². The summed E-state index contributed by atoms with van der Waals surface area (Å²) >= 11 is 5.54. The molecule has 0 saturated carbocycles. The highest BCUT2D eigenvalue weighted by molar-refractivity contribution is 6.17. The van der Waals surface area contributed by atoms with Gasteiger partial charge in [-0.3, -0.25) is 4.84 Å². The molecule has 1 aromatic carbocycles. The Kier molecular flexibility index (Phi) is 2.83. The van der Waals surface area contributed by atoms with Crippen molar-refractivity contribution >= 4 is 11.6 Å². The fourth-order valence-electron chi connectivity index (χ4n) is 1.56. The van der Waals surface area contributed by atoms with Gasteiger partial charge in [0.15, 0.2) is 0 Å². The van der Waals surface area contributed by atoms with Crippen LogP contribution in [0.2, 0.25) is 0 Å². The average molecular weight is 198 g/mol. The molecule has 0 fully saturated rings. The molecular formula is C10H12ClNO. The Bertz CT molecular complexity index is 265. The second-order valence-electron chi connectivity index (χ2n) is 3.09. The van der Waals surface area contributed by atoms with Gasteiger partial charge < -0.3 is 0 Å². The van der Waals surface area contributed by atoms with Crippen LogP contribution in [0.4, 0.5) is 0 Å². The number of nitrogens with zero attached hydrogens (tertiary/aromatic N) is 1. The Morgan fingerprint density at radius 3 is 2.38 bits per heavy atom. The third-order valence-corrected chi connectivity index (χ3v) is 2.32. The van der Waals surface area contributed by atoms with E-state index in [1.807, 2.05) is 5.06 Å². The van der Waals surface area contributed by atoms with Crippen LogP contribution >= 0.6 is 11.6 Å². The summed E-state index contributed by atoms with van der Waals surface area (Å²) in [5, 5.41) is 1.95. The average Bonchev–Trinajstić information content (AvgIpc) is 2.57. The molecule has 0 unspecified atom stereocenters. The van der Waals surface area contributed by atoms with Crippen molar-refractivity contribution in [2.45, 2.75) is 13.1 Å². The maximum atomic E-state index is 5.54. The quantitative estimate of drug-likeness (QED) is 0.689. The van der Waals surface area contributed by atoms with E-state index < -0.39 is 0 Å². The maximum absolute atomic E-state index is 5.54. The molecule has 70 valence electrons. The highest BCUT2D eigenvalue weighted by atomic mass is 35.5. The first-order valence-corrected chi connectivity index (χ1v) is 4.94. The summed E-state index contributed by atoms with van der Waals surface area (Å²) < 4.78 is 0. The molecule has 0 spiro atoms. The molecule has 1 aromatic rings. The lowest BCUT2D eigenvalue weighted by molar-refractivity contribution is -0.160. The smallest absolute Gasteiger partial charge is 0.0820 e. The first-order valence-electron chi connectivity index (χ1n) is 4.41. The van der Waals surface area contributed by atoms with Gasteiger partial charge in [-0.25, -0.2) is 0 Å². The lowest BCUT2D eigenvalue weighted by Crippen LogP contribution is -2.18. The Balaban J connectivity index is 1.97. The van der Waals surface area contributed by atoms with Crippen LogP contribution in [0.1, 0.15) is 11.1 Å². The molecule has 0 radical (unpaired) electrons. The summed E-state index contributed by atoms with van der Waals surface area (Å²) in [6.45, 7) is 2.36. The van der Waals surface area contributed by atoms with Crippen molar-refractivity contribution < 1.29 is 4.84 Å². The minimum Gasteiger partial charge on any atom is -0.297 e. The summed E-state index contributed by atoms with van der Waals surface area (Å²) in [4.78, 5) is 5.44. The van der Waals surface area contributed by atoms with Crippen LogP contribution in [-0.2, 0) is 17.9 Å². The second kappa shape index (κ2) is 4.09. The van der Waals surface area contributed by atoms with Crippen LogP contribution < -0.4 is 0 Å². The van der Waals surface area contributed by atoms with Crippen molar-refractivity contribution in [1.29, 1.82) is 0 Å². The number of halogens is 1. The molecule has 0 aliphatic carbocycles. The molecular weight excluding hydrogens is 186 g/mol. The molecule has 0 atom stereocenters. The number of hydrogen-bond acceptors (Lipinski definition) is 2. The Morgan fingerprint density at radius 2 is 1.85 bits per heavy atom. The maximum Gasteiger partial charge on any atom is 0.0820 e. The van der Waals surface area contributed by atoms with Gasteiger partial charge >= 0.3 is 0 Å². The van der Waals surface area contributed by atoms with Crippen LogP contribution in [0.3, 0.4) is 0 Å². The van der Waals surface area contributed by atoms with Crippen LogP contribution in [0.5, 0.6) is 0 Å². The highest BCUT2D eigenvalue weighted by Gasteiger charge is 2.17. The number of hydrogen-bond donors (Lipinski definition) is 0. The molecule has 2 rings (SSSR count). The molecule has 0 amide bonds. The molecule has 0 saturated heterocycles. The summed E-state index contributed by atoms with van der Waals surface area (Å²) in [5.74, 6) is 0.548. The van der Waals surface area contributed by atoms with Crippen molar-refractivity contribution in [1.82, 2.24) is 5.06 Å². The van der Waals surface area contributed by atoms with E-state index in [2.05, 4.69) is 24.3 Å². The van der Waals surface area contributed by atoms with Crippen LogP contribution in [0.15, 0.2) is 24.3 Å². The van der Waals surface area contributed by atoms with E-state index in [1.165, 1.54) is 11.1 Å². The van der Waals surface area contributed by atoms with E-state index in [1.54, 1.807) is 0 Å². The molecule has 13 heavy (non-hydrogen) atoms. The van der Waals surface area contributed by atoms with Gasteiger partial charge in [0.2, 0.25) is 0 Å². The van der Waals surface area contributed by atoms with E-state index >= 15 is 0 Å². The van der Waals surface area contributed by atoms with E-state index in [9.17, 15) is 0 Å². The zero-order chi connectivity index (χ0) is 9.10. The largest absolute Gasteiger partial charge is 0.297 e. The number of fused-ring (bicyclic) bond motifs is 1. The minimum absolute atomic E-state index is 0.548. The molecule has 1 aliphatic heterocycles. The monoisotopic (exact) mass is 197 g/mol. The van der Waals surface area contributed by atoms with Crippen LogP contribution in [-0.4, -0.2) is 17.6 Å². The number of alkyl halides is 1. The fourth-order valence-corrected chi connectivity index (χ4v) is 1.63. The summed E-state index contributed by atoms with van der Waals surface area (Å²) in [5.41, 5.74) is 2.72. The van der Waals surface area contributed by atoms with E-state index in [0.717, 1.165) is 13.1 Å². The lowest BCUT2D eigenvalue weighted by atomic mass is 10.1. The zero-order valence-electron chi connectivity index (χ0n) is 7.37. The van der Waals surface area contributed by atoms with Gasteiger partial charge in [-0.1, -0.05) is 24.3 Å². The number of benzene rings is 1. The summed E-state index contributed by atoms with van der Waals surface area (Å²) in [6.07, 6.45) is 0. The summed E-state index contributed by atoms with van der Waals surface area (Å²) in [6, 6.07) is 8.40. The topological polar surface area (TPSA) is 12.5 Å². The lowest BCUT2D eigenvalue weighted by Gasteiger charge is -2.13. The van der Waals surface area contributed by atoms with Crippen molar-refractivity contribution in [3.8, 4) is 0 Å². The SMILES string of the molecule is ClCCON1Cc2ccccc2C1. The van der Waals surface area contributed by atoms with E-state index in [4.69, 9.17) is 16.4 Å². The Labute approximate surface area is 83.0 Å². The van der Waals surface area contributed by atoms with Gasteiger partial charge in [-0.15, -0.1) is 11.6 Å². The zero-order valence-corrected chi connectivity index (χ0v) is 8.13. The van der Waals surface area contributed by atoms with E-state index in [-0.39, 0.29) is 0 Å². The molecule has 0 bridgehead atoms. The third kappa shape index (κ3) is 2.02. The first kappa shape index (κ1) is 9.00. The number of hydroxylamine groups is 2. The van der Waals surface area contributed by atoms with Gasteiger partial charge in [0.05, 0.1) is 6.61 Å². The summed E-state index contributed by atoms with van der Waals surface area (Å²) in [7, 11) is 0. The van der Waals surface area contributed by atoms with Gasteiger partial charge in [-0.2, -0.15) is 5.06 Å². The van der Waals surface area contributed by atoms with Gasteiger partial charge in [0.25, 0.3) is 0 Å². The molecule has 2 nitrogen and oxygen atoms in total. The van der Waals surface area contributed by atoms with Crippen molar-refractivity contribution in [3.63, 3.8) is 0 Å². The predicted octanol–water partition coefficient (Wildman–Crippen LogP) is 2.17. The van der Waals surface area contributed by atoms with Crippen molar-refractivity contribution in [2.24, 2.45) is 0 Å².